The third-order valence-electron chi connectivity index (χ3n) is 4.96. The first-order valence-electron chi connectivity index (χ1n) is 10.9. The average molecular weight is 561 g/mol. The van der Waals surface area contributed by atoms with Crippen molar-refractivity contribution in [2.75, 3.05) is 5.32 Å². The fourth-order valence-corrected chi connectivity index (χ4v) is 3.61. The van der Waals surface area contributed by atoms with Crippen molar-refractivity contribution in [3.05, 3.63) is 95.6 Å². The fourth-order valence-electron chi connectivity index (χ4n) is 3.05. The summed E-state index contributed by atoms with van der Waals surface area (Å²) >= 11 is 23.6. The Hall–Kier alpha value is -2.97. The molecule has 36 heavy (non-hydrogen) atoms. The van der Waals surface area contributed by atoms with Gasteiger partial charge in [-0.3, -0.25) is 4.79 Å². The molecule has 1 atom stereocenters. The fraction of sp³-hybridized carbons (Fsp3) is 0.154. The smallest absolute Gasteiger partial charge is 0.245 e. The SMILES string of the molecule is Cc1ccccc1N=Nc1ccc(NC(=S)NC(NC(=O)/C=C\c2ccccc2)C(Cl)(Cl)Cl)c(C)c1. The highest BCUT2D eigenvalue weighted by Crippen LogP contribution is 2.29. The highest BCUT2D eigenvalue weighted by molar-refractivity contribution is 7.80. The number of aryl methyl sites for hydroxylation is 2. The molecule has 186 valence electrons. The predicted octanol–water partition coefficient (Wildman–Crippen LogP) is 7.53. The first kappa shape index (κ1) is 27.6. The number of carbonyl (C=O) groups is 1. The van der Waals surface area contributed by atoms with E-state index in [0.717, 1.165) is 28.1 Å². The second-order valence-corrected chi connectivity index (χ2v) is 10.6. The van der Waals surface area contributed by atoms with E-state index in [1.807, 2.05) is 86.6 Å². The standard InChI is InChI=1S/C26H24Cl3N5OS/c1-17-8-6-7-11-22(17)34-33-20-13-14-21(18(2)16-20)30-25(36)32-24(26(27,28)29)31-23(35)15-12-19-9-4-3-5-10-19/h3-16,24H,1-2H3,(H,31,35)(H2,30,32,36)/b15-12-,34-33?. The van der Waals surface area contributed by atoms with Gasteiger partial charge in [-0.25, -0.2) is 0 Å². The molecule has 0 radical (unpaired) electrons. The van der Waals surface area contributed by atoms with E-state index < -0.39 is 15.9 Å². The van der Waals surface area contributed by atoms with E-state index in [-0.39, 0.29) is 5.11 Å². The molecule has 3 aromatic carbocycles. The molecule has 0 saturated heterocycles. The largest absolute Gasteiger partial charge is 0.339 e. The molecule has 0 fully saturated rings. The molecule has 1 unspecified atom stereocenters. The molecular weight excluding hydrogens is 537 g/mol. The van der Waals surface area contributed by atoms with Crippen molar-refractivity contribution in [1.82, 2.24) is 10.6 Å². The van der Waals surface area contributed by atoms with Gasteiger partial charge < -0.3 is 16.0 Å². The number of hydrogen-bond acceptors (Lipinski definition) is 4. The van der Waals surface area contributed by atoms with E-state index in [2.05, 4.69) is 26.2 Å². The summed E-state index contributed by atoms with van der Waals surface area (Å²) in [5.41, 5.74) is 5.00. The van der Waals surface area contributed by atoms with Crippen LogP contribution in [0.25, 0.3) is 6.08 Å². The number of thiocarbonyl (C=S) groups is 1. The Morgan fingerprint density at radius 1 is 0.917 bits per heavy atom. The van der Waals surface area contributed by atoms with Crippen LogP contribution in [0.1, 0.15) is 16.7 Å². The van der Waals surface area contributed by atoms with Gasteiger partial charge in [0.25, 0.3) is 0 Å². The van der Waals surface area contributed by atoms with E-state index in [1.165, 1.54) is 6.08 Å². The molecule has 10 heteroatoms. The maximum Gasteiger partial charge on any atom is 0.245 e. The molecule has 3 N–H and O–H groups in total. The van der Waals surface area contributed by atoms with Crippen LogP contribution in [-0.2, 0) is 4.79 Å². The molecule has 0 aliphatic rings. The second kappa shape index (κ2) is 12.8. The number of amides is 1. The molecule has 0 aliphatic carbocycles. The molecule has 1 amide bonds. The highest BCUT2D eigenvalue weighted by atomic mass is 35.6. The second-order valence-electron chi connectivity index (χ2n) is 7.81. The molecule has 3 rings (SSSR count). The van der Waals surface area contributed by atoms with Gasteiger partial charge in [-0.15, -0.1) is 0 Å². The summed E-state index contributed by atoms with van der Waals surface area (Å²) in [5.74, 6) is -0.454. The monoisotopic (exact) mass is 559 g/mol. The van der Waals surface area contributed by atoms with Gasteiger partial charge in [-0.2, -0.15) is 10.2 Å². The minimum Gasteiger partial charge on any atom is -0.339 e. The lowest BCUT2D eigenvalue weighted by Crippen LogP contribution is -2.55. The molecule has 0 saturated carbocycles. The van der Waals surface area contributed by atoms with E-state index in [0.29, 0.717) is 5.69 Å². The first-order chi connectivity index (χ1) is 17.1. The number of halogens is 3. The number of hydrogen-bond donors (Lipinski definition) is 3. The van der Waals surface area contributed by atoms with E-state index in [9.17, 15) is 4.79 Å². The molecular formula is C26H24Cl3N5OS. The number of nitrogens with zero attached hydrogens (tertiary/aromatic N) is 2. The Morgan fingerprint density at radius 3 is 2.28 bits per heavy atom. The number of nitrogens with one attached hydrogen (secondary N) is 3. The third kappa shape index (κ3) is 8.60. The van der Waals surface area contributed by atoms with Gasteiger partial charge in [-0.05, 0) is 73.1 Å². The lowest BCUT2D eigenvalue weighted by Gasteiger charge is -2.27. The van der Waals surface area contributed by atoms with E-state index in [4.69, 9.17) is 47.0 Å². The zero-order valence-corrected chi connectivity index (χ0v) is 22.6. The van der Waals surface area contributed by atoms with Crippen molar-refractivity contribution in [3.63, 3.8) is 0 Å². The van der Waals surface area contributed by atoms with Crippen molar-refractivity contribution >= 4 is 81.2 Å². The lowest BCUT2D eigenvalue weighted by atomic mass is 10.2. The molecule has 0 spiro atoms. The Labute approximate surface area is 230 Å². The molecule has 0 bridgehead atoms. The predicted molar refractivity (Wildman–Crippen MR) is 154 cm³/mol. The molecule has 3 aromatic rings. The van der Waals surface area contributed by atoms with E-state index >= 15 is 0 Å². The number of azo groups is 1. The van der Waals surface area contributed by atoms with Crippen LogP contribution in [-0.4, -0.2) is 21.0 Å². The Balaban J connectivity index is 1.62. The summed E-state index contributed by atoms with van der Waals surface area (Å²) < 4.78 is -1.86. The van der Waals surface area contributed by atoms with Crippen LogP contribution >= 0.6 is 47.0 Å². The number of anilines is 1. The summed E-state index contributed by atoms with van der Waals surface area (Å²) in [6.07, 6.45) is 1.92. The van der Waals surface area contributed by atoms with Gasteiger partial charge in [0.2, 0.25) is 9.70 Å². The maximum atomic E-state index is 12.4. The molecule has 0 aliphatic heterocycles. The van der Waals surface area contributed by atoms with Crippen molar-refractivity contribution in [3.8, 4) is 0 Å². The van der Waals surface area contributed by atoms with Crippen LogP contribution < -0.4 is 16.0 Å². The first-order valence-corrected chi connectivity index (χ1v) is 12.4. The summed E-state index contributed by atoms with van der Waals surface area (Å²) in [6.45, 7) is 3.88. The van der Waals surface area contributed by atoms with E-state index in [1.54, 1.807) is 6.08 Å². The van der Waals surface area contributed by atoms with Crippen LogP contribution in [0, 0.1) is 13.8 Å². The Bertz CT molecular complexity index is 1280. The molecule has 6 nitrogen and oxygen atoms in total. The number of carbonyl (C=O) groups excluding carboxylic acids is 1. The van der Waals surface area contributed by atoms with Crippen LogP contribution in [0.5, 0.6) is 0 Å². The highest BCUT2D eigenvalue weighted by Gasteiger charge is 2.34. The summed E-state index contributed by atoms with van der Waals surface area (Å²) in [4.78, 5) is 12.4. The number of rotatable bonds is 7. The maximum absolute atomic E-state index is 12.4. The van der Waals surface area contributed by atoms with Crippen LogP contribution in [0.15, 0.2) is 89.1 Å². The van der Waals surface area contributed by atoms with Gasteiger partial charge in [0.1, 0.15) is 6.17 Å². The summed E-state index contributed by atoms with van der Waals surface area (Å²) in [5, 5.41) is 17.3. The minimum atomic E-state index is -1.86. The van der Waals surface area contributed by atoms with Crippen molar-refractivity contribution in [2.45, 2.75) is 23.8 Å². The van der Waals surface area contributed by atoms with Crippen molar-refractivity contribution < 1.29 is 4.79 Å². The Kier molecular flexibility index (Phi) is 9.84. The van der Waals surface area contributed by atoms with Gasteiger partial charge in [-0.1, -0.05) is 83.3 Å². The van der Waals surface area contributed by atoms with Crippen LogP contribution in [0.2, 0.25) is 0 Å². The minimum absolute atomic E-state index is 0.163. The number of benzene rings is 3. The van der Waals surface area contributed by atoms with Gasteiger partial charge in [0, 0.05) is 11.8 Å². The molecule has 0 heterocycles. The van der Waals surface area contributed by atoms with Gasteiger partial charge in [0.15, 0.2) is 5.11 Å². The normalized spacial score (nSPS) is 12.5. The van der Waals surface area contributed by atoms with Gasteiger partial charge >= 0.3 is 0 Å². The summed E-state index contributed by atoms with van der Waals surface area (Å²) in [6, 6.07) is 22.6. The zero-order chi connectivity index (χ0) is 26.1. The number of alkyl halides is 3. The zero-order valence-electron chi connectivity index (χ0n) is 19.5. The average Bonchev–Trinajstić information content (AvgIpc) is 2.83. The topological polar surface area (TPSA) is 77.9 Å². The Morgan fingerprint density at radius 2 is 1.61 bits per heavy atom. The van der Waals surface area contributed by atoms with Crippen molar-refractivity contribution in [2.24, 2.45) is 10.2 Å². The quantitative estimate of drug-likeness (QED) is 0.0917. The van der Waals surface area contributed by atoms with Crippen LogP contribution in [0.4, 0.5) is 17.1 Å². The van der Waals surface area contributed by atoms with Crippen molar-refractivity contribution in [1.29, 1.82) is 0 Å². The lowest BCUT2D eigenvalue weighted by molar-refractivity contribution is -0.117. The van der Waals surface area contributed by atoms with Gasteiger partial charge in [0.05, 0.1) is 11.4 Å². The summed E-state index contributed by atoms with van der Waals surface area (Å²) in [7, 11) is 0. The molecule has 0 aromatic heterocycles. The third-order valence-corrected chi connectivity index (χ3v) is 5.84. The van der Waals surface area contributed by atoms with Crippen LogP contribution in [0.3, 0.4) is 0 Å².